The molecule has 0 aromatic heterocycles. The van der Waals surface area contributed by atoms with E-state index in [9.17, 15) is 0 Å². The van der Waals surface area contributed by atoms with E-state index in [-0.39, 0.29) is 0 Å². The van der Waals surface area contributed by atoms with Crippen molar-refractivity contribution in [2.24, 2.45) is 5.41 Å². The molecule has 1 unspecified atom stereocenters. The van der Waals surface area contributed by atoms with Crippen molar-refractivity contribution in [3.05, 3.63) is 48.0 Å². The highest BCUT2D eigenvalue weighted by Crippen LogP contribution is 2.48. The summed E-state index contributed by atoms with van der Waals surface area (Å²) in [6.07, 6.45) is 3.71. The molecule has 148 valence electrons. The summed E-state index contributed by atoms with van der Waals surface area (Å²) in [6.45, 7) is 11.9. The van der Waals surface area contributed by atoms with E-state index in [1.165, 1.54) is 46.8 Å². The Bertz CT molecular complexity index is 716. The molecule has 1 aliphatic rings. The lowest BCUT2D eigenvalue weighted by Crippen LogP contribution is -2.35. The predicted octanol–water partition coefficient (Wildman–Crippen LogP) is 7.47. The largest absolute Gasteiger partial charge is 0.496 e. The number of nitrogens with zero attached hydrogens (tertiary/aromatic N) is 1. The Morgan fingerprint density at radius 2 is 1.81 bits per heavy atom. The van der Waals surface area contributed by atoms with Gasteiger partial charge < -0.3 is 9.64 Å². The van der Waals surface area contributed by atoms with E-state index < -0.39 is 0 Å². The Balaban J connectivity index is 0.00000126. The SMILES string of the molecule is CC.CCCC1(CC)CSc2cc(OC)c(C)cc2N(c2ccccc2)C1. The molecule has 2 aromatic rings. The van der Waals surface area contributed by atoms with Gasteiger partial charge in [0.15, 0.2) is 0 Å². The minimum absolute atomic E-state index is 0.343. The van der Waals surface area contributed by atoms with Gasteiger partial charge in [0.2, 0.25) is 0 Å². The second-order valence-electron chi connectivity index (χ2n) is 7.10. The molecule has 0 amide bonds. The fourth-order valence-electron chi connectivity index (χ4n) is 3.81. The van der Waals surface area contributed by atoms with Gasteiger partial charge >= 0.3 is 0 Å². The topological polar surface area (TPSA) is 12.5 Å². The van der Waals surface area contributed by atoms with Crippen molar-refractivity contribution in [2.75, 3.05) is 24.3 Å². The molecule has 0 saturated carbocycles. The number of benzene rings is 2. The molecule has 2 aromatic carbocycles. The van der Waals surface area contributed by atoms with Crippen molar-refractivity contribution in [1.82, 2.24) is 0 Å². The Morgan fingerprint density at radius 1 is 1.11 bits per heavy atom. The third-order valence-corrected chi connectivity index (χ3v) is 6.79. The zero-order valence-corrected chi connectivity index (χ0v) is 18.7. The highest BCUT2D eigenvalue weighted by atomic mass is 32.2. The fraction of sp³-hybridized carbons (Fsp3) is 0.500. The van der Waals surface area contributed by atoms with Crippen LogP contribution in [0, 0.1) is 12.3 Å². The van der Waals surface area contributed by atoms with E-state index in [0.29, 0.717) is 5.41 Å². The zero-order valence-electron chi connectivity index (χ0n) is 17.8. The second kappa shape index (κ2) is 10.1. The number of aryl methyl sites for hydroxylation is 1. The van der Waals surface area contributed by atoms with Crippen LogP contribution in [0.15, 0.2) is 47.4 Å². The van der Waals surface area contributed by atoms with Gasteiger partial charge in [0.1, 0.15) is 5.75 Å². The lowest BCUT2D eigenvalue weighted by Gasteiger charge is -2.36. The second-order valence-corrected chi connectivity index (χ2v) is 8.12. The summed E-state index contributed by atoms with van der Waals surface area (Å²) in [6, 6.07) is 15.3. The molecule has 27 heavy (non-hydrogen) atoms. The monoisotopic (exact) mass is 385 g/mol. The van der Waals surface area contributed by atoms with Crippen molar-refractivity contribution in [2.45, 2.75) is 58.8 Å². The molecule has 3 heteroatoms. The number of rotatable bonds is 5. The number of ether oxygens (including phenoxy) is 1. The average Bonchev–Trinajstić information content (AvgIpc) is 2.87. The standard InChI is InChI=1S/C22H29NOS.C2H6/c1-5-12-22(6-2)15-23(18-10-8-7-9-11-18)19-13-17(3)20(24-4)14-21(19)25-16-22;1-2/h7-11,13-14H,5-6,12,15-16H2,1-4H3;1-2H3. The average molecular weight is 386 g/mol. The first-order valence-electron chi connectivity index (χ1n) is 10.3. The Labute approximate surface area is 170 Å². The van der Waals surface area contributed by atoms with Crippen molar-refractivity contribution < 1.29 is 4.74 Å². The number of para-hydroxylation sites is 1. The third kappa shape index (κ3) is 4.82. The van der Waals surface area contributed by atoms with Crippen molar-refractivity contribution >= 4 is 23.1 Å². The van der Waals surface area contributed by atoms with Crippen molar-refractivity contribution in [1.29, 1.82) is 0 Å². The number of fused-ring (bicyclic) bond motifs is 1. The minimum atomic E-state index is 0.343. The zero-order chi connectivity index (χ0) is 19.9. The summed E-state index contributed by atoms with van der Waals surface area (Å²) in [4.78, 5) is 3.86. The quantitative estimate of drug-likeness (QED) is 0.529. The molecule has 0 bridgehead atoms. The van der Waals surface area contributed by atoms with Crippen LogP contribution >= 0.6 is 11.8 Å². The van der Waals surface area contributed by atoms with Crippen molar-refractivity contribution in [3.8, 4) is 5.75 Å². The summed E-state index contributed by atoms with van der Waals surface area (Å²) in [5, 5.41) is 0. The normalized spacial score (nSPS) is 18.8. The van der Waals surface area contributed by atoms with Crippen LogP contribution in [0.4, 0.5) is 11.4 Å². The lowest BCUT2D eigenvalue weighted by atomic mass is 9.82. The summed E-state index contributed by atoms with van der Waals surface area (Å²) < 4.78 is 5.59. The maximum Gasteiger partial charge on any atom is 0.123 e. The molecule has 0 fully saturated rings. The van der Waals surface area contributed by atoms with Gasteiger partial charge in [-0.25, -0.2) is 0 Å². The molecule has 1 atom stereocenters. The highest BCUT2D eigenvalue weighted by molar-refractivity contribution is 7.99. The van der Waals surface area contributed by atoms with Crippen LogP contribution in [-0.4, -0.2) is 19.4 Å². The Hall–Kier alpha value is -1.61. The number of hydrogen-bond donors (Lipinski definition) is 0. The number of hydrogen-bond acceptors (Lipinski definition) is 3. The van der Waals surface area contributed by atoms with Crippen LogP contribution < -0.4 is 9.64 Å². The van der Waals surface area contributed by atoms with E-state index in [0.717, 1.165) is 12.3 Å². The van der Waals surface area contributed by atoms with Gasteiger partial charge in [0.25, 0.3) is 0 Å². The number of thioether (sulfide) groups is 1. The minimum Gasteiger partial charge on any atom is -0.496 e. The summed E-state index contributed by atoms with van der Waals surface area (Å²) in [5.41, 5.74) is 4.14. The van der Waals surface area contributed by atoms with Crippen LogP contribution in [-0.2, 0) is 0 Å². The molecule has 0 N–H and O–H groups in total. The van der Waals surface area contributed by atoms with Crippen molar-refractivity contribution in [3.63, 3.8) is 0 Å². The summed E-state index contributed by atoms with van der Waals surface area (Å²) in [7, 11) is 1.76. The molecule has 0 spiro atoms. The van der Waals surface area contributed by atoms with Gasteiger partial charge in [-0.05, 0) is 55.0 Å². The Morgan fingerprint density at radius 3 is 2.41 bits per heavy atom. The number of anilines is 2. The maximum absolute atomic E-state index is 5.59. The lowest BCUT2D eigenvalue weighted by molar-refractivity contribution is 0.301. The van der Waals surface area contributed by atoms with E-state index in [1.54, 1.807) is 7.11 Å². The van der Waals surface area contributed by atoms with Crippen LogP contribution in [0.3, 0.4) is 0 Å². The molecule has 2 nitrogen and oxygen atoms in total. The van der Waals surface area contributed by atoms with Gasteiger partial charge in [-0.3, -0.25) is 0 Å². The van der Waals surface area contributed by atoms with Crippen LogP contribution in [0.1, 0.15) is 52.5 Å². The van der Waals surface area contributed by atoms with E-state index in [2.05, 4.69) is 68.1 Å². The molecule has 0 saturated heterocycles. The van der Waals surface area contributed by atoms with Gasteiger partial charge in [-0.15, -0.1) is 11.8 Å². The van der Waals surface area contributed by atoms with Gasteiger partial charge in [-0.2, -0.15) is 0 Å². The van der Waals surface area contributed by atoms with Gasteiger partial charge in [-0.1, -0.05) is 52.3 Å². The first kappa shape index (κ1) is 21.7. The molecule has 0 radical (unpaired) electrons. The van der Waals surface area contributed by atoms with Crippen LogP contribution in [0.2, 0.25) is 0 Å². The molecular weight excluding hydrogens is 350 g/mol. The molecule has 3 rings (SSSR count). The molecule has 1 aliphatic heterocycles. The summed E-state index contributed by atoms with van der Waals surface area (Å²) >= 11 is 2.00. The maximum atomic E-state index is 5.59. The Kier molecular flexibility index (Phi) is 8.09. The predicted molar refractivity (Wildman–Crippen MR) is 121 cm³/mol. The fourth-order valence-corrected chi connectivity index (χ4v) is 5.22. The van der Waals surface area contributed by atoms with E-state index in [1.807, 2.05) is 25.6 Å². The van der Waals surface area contributed by atoms with Gasteiger partial charge in [0.05, 0.1) is 12.8 Å². The number of methoxy groups -OCH3 is 1. The van der Waals surface area contributed by atoms with Crippen LogP contribution in [0.25, 0.3) is 0 Å². The van der Waals surface area contributed by atoms with Gasteiger partial charge in [0, 0.05) is 22.9 Å². The smallest absolute Gasteiger partial charge is 0.123 e. The molecule has 0 aliphatic carbocycles. The molecule has 1 heterocycles. The van der Waals surface area contributed by atoms with Crippen LogP contribution in [0.5, 0.6) is 5.75 Å². The van der Waals surface area contributed by atoms with E-state index >= 15 is 0 Å². The van der Waals surface area contributed by atoms with E-state index in [4.69, 9.17) is 4.74 Å². The third-order valence-electron chi connectivity index (χ3n) is 5.39. The first-order chi connectivity index (χ1) is 13.1. The molecular formula is C24H35NOS. The summed E-state index contributed by atoms with van der Waals surface area (Å²) in [5.74, 6) is 2.15. The first-order valence-corrected chi connectivity index (χ1v) is 11.2. The highest BCUT2D eigenvalue weighted by Gasteiger charge is 2.35.